The molecule has 2 rings (SSSR count). The largest absolute Gasteiger partial charge is 0.327 e. The van der Waals surface area contributed by atoms with Crippen LogP contribution in [0.15, 0.2) is 24.3 Å². The van der Waals surface area contributed by atoms with Gasteiger partial charge in [-0.25, -0.2) is 0 Å². The maximum Gasteiger partial charge on any atom is 0.0662 e. The second-order valence-corrected chi connectivity index (χ2v) is 5.67. The smallest absolute Gasteiger partial charge is 0.0662 e. The second-order valence-electron chi connectivity index (χ2n) is 5.67. The zero-order valence-electron chi connectivity index (χ0n) is 13.0. The van der Waals surface area contributed by atoms with Crippen LogP contribution in [0.2, 0.25) is 0 Å². The van der Waals surface area contributed by atoms with E-state index in [0.29, 0.717) is 0 Å². The van der Waals surface area contributed by atoms with E-state index in [9.17, 15) is 0 Å². The molecule has 0 aliphatic heterocycles. The Morgan fingerprint density at radius 3 is 2.65 bits per heavy atom. The van der Waals surface area contributed by atoms with Crippen LogP contribution in [0.25, 0.3) is 0 Å². The minimum Gasteiger partial charge on any atom is -0.327 e. The van der Waals surface area contributed by atoms with Gasteiger partial charge < -0.3 is 5.73 Å². The van der Waals surface area contributed by atoms with Crippen molar-refractivity contribution in [2.75, 3.05) is 0 Å². The fraction of sp³-hybridized carbons (Fsp3) is 0.471. The number of hydrogen-bond acceptors (Lipinski definition) is 2. The first kappa shape index (κ1) is 14.8. The molecule has 0 radical (unpaired) electrons. The van der Waals surface area contributed by atoms with Crippen LogP contribution < -0.4 is 5.73 Å². The lowest BCUT2D eigenvalue weighted by Crippen LogP contribution is -2.22. The lowest BCUT2D eigenvalue weighted by molar-refractivity contribution is 0.636. The fourth-order valence-corrected chi connectivity index (χ4v) is 2.57. The van der Waals surface area contributed by atoms with E-state index in [0.717, 1.165) is 25.1 Å². The van der Waals surface area contributed by atoms with Crippen LogP contribution in [0.5, 0.6) is 0 Å². The second kappa shape index (κ2) is 6.23. The standard InChI is InChI=1S/C17H25N3/c1-5-16(18)10-17-13(3)19-20(14(17)4)11-15-8-6-7-12(2)9-15/h6-9,16H,5,10-11,18H2,1-4H3. The third kappa shape index (κ3) is 3.28. The minimum absolute atomic E-state index is 0.226. The summed E-state index contributed by atoms with van der Waals surface area (Å²) in [7, 11) is 0. The van der Waals surface area contributed by atoms with Crippen LogP contribution in [-0.4, -0.2) is 15.8 Å². The Kier molecular flexibility index (Phi) is 4.61. The Morgan fingerprint density at radius 1 is 1.25 bits per heavy atom. The predicted molar refractivity (Wildman–Crippen MR) is 84.0 cm³/mol. The summed E-state index contributed by atoms with van der Waals surface area (Å²) in [5, 5.41) is 4.68. The van der Waals surface area contributed by atoms with E-state index in [2.05, 4.69) is 61.7 Å². The van der Waals surface area contributed by atoms with E-state index in [4.69, 9.17) is 5.73 Å². The number of hydrogen-bond donors (Lipinski definition) is 1. The van der Waals surface area contributed by atoms with Gasteiger partial charge >= 0.3 is 0 Å². The van der Waals surface area contributed by atoms with Gasteiger partial charge in [0, 0.05) is 11.7 Å². The zero-order valence-corrected chi connectivity index (χ0v) is 13.0. The summed E-state index contributed by atoms with van der Waals surface area (Å²) in [6.07, 6.45) is 1.92. The lowest BCUT2D eigenvalue weighted by atomic mass is 10.0. The molecule has 0 aliphatic rings. The Labute approximate surface area is 121 Å². The molecule has 108 valence electrons. The van der Waals surface area contributed by atoms with Gasteiger partial charge in [0.2, 0.25) is 0 Å². The van der Waals surface area contributed by atoms with Gasteiger partial charge in [-0.1, -0.05) is 36.8 Å². The van der Waals surface area contributed by atoms with Crippen molar-refractivity contribution in [3.63, 3.8) is 0 Å². The van der Waals surface area contributed by atoms with Crippen LogP contribution in [0.3, 0.4) is 0 Å². The van der Waals surface area contributed by atoms with Crippen LogP contribution in [0, 0.1) is 20.8 Å². The van der Waals surface area contributed by atoms with Gasteiger partial charge in [0.1, 0.15) is 0 Å². The number of aromatic nitrogens is 2. The molecule has 20 heavy (non-hydrogen) atoms. The van der Waals surface area contributed by atoms with Crippen molar-refractivity contribution >= 4 is 0 Å². The predicted octanol–water partition coefficient (Wildman–Crippen LogP) is 3.14. The van der Waals surface area contributed by atoms with Crippen LogP contribution in [-0.2, 0) is 13.0 Å². The van der Waals surface area contributed by atoms with Gasteiger partial charge in [-0.15, -0.1) is 0 Å². The molecule has 0 fully saturated rings. The van der Waals surface area contributed by atoms with E-state index >= 15 is 0 Å². The van der Waals surface area contributed by atoms with Crippen LogP contribution >= 0.6 is 0 Å². The van der Waals surface area contributed by atoms with Crippen molar-refractivity contribution < 1.29 is 0 Å². The van der Waals surface area contributed by atoms with Crippen molar-refractivity contribution in [3.8, 4) is 0 Å². The molecule has 1 heterocycles. The average Bonchev–Trinajstić information content (AvgIpc) is 2.66. The van der Waals surface area contributed by atoms with Crippen molar-refractivity contribution in [2.24, 2.45) is 5.73 Å². The SMILES string of the molecule is CCC(N)Cc1c(C)nn(Cc2cccc(C)c2)c1C. The quantitative estimate of drug-likeness (QED) is 0.908. The number of aryl methyl sites for hydroxylation is 2. The summed E-state index contributed by atoms with van der Waals surface area (Å²) in [5.74, 6) is 0. The topological polar surface area (TPSA) is 43.8 Å². The summed E-state index contributed by atoms with van der Waals surface area (Å²) < 4.78 is 2.10. The van der Waals surface area contributed by atoms with Gasteiger partial charge in [-0.3, -0.25) is 4.68 Å². The van der Waals surface area contributed by atoms with Crippen LogP contribution in [0.1, 0.15) is 41.4 Å². The summed E-state index contributed by atoms with van der Waals surface area (Å²) in [5.41, 5.74) is 12.3. The molecule has 1 atom stereocenters. The lowest BCUT2D eigenvalue weighted by Gasteiger charge is -2.10. The van der Waals surface area contributed by atoms with Crippen molar-refractivity contribution in [1.82, 2.24) is 9.78 Å². The highest BCUT2D eigenvalue weighted by molar-refractivity contribution is 5.28. The summed E-state index contributed by atoms with van der Waals surface area (Å²) in [6.45, 7) is 9.31. The van der Waals surface area contributed by atoms with Gasteiger partial charge in [0.25, 0.3) is 0 Å². The molecule has 2 N–H and O–H groups in total. The van der Waals surface area contributed by atoms with E-state index in [-0.39, 0.29) is 6.04 Å². The molecule has 3 heteroatoms. The van der Waals surface area contributed by atoms with E-state index in [1.54, 1.807) is 0 Å². The van der Waals surface area contributed by atoms with Gasteiger partial charge in [-0.2, -0.15) is 5.10 Å². The number of nitrogens with zero attached hydrogens (tertiary/aromatic N) is 2. The maximum atomic E-state index is 6.09. The molecule has 0 bridgehead atoms. The summed E-state index contributed by atoms with van der Waals surface area (Å²) >= 11 is 0. The summed E-state index contributed by atoms with van der Waals surface area (Å²) in [6, 6.07) is 8.82. The molecule has 0 amide bonds. The fourth-order valence-electron chi connectivity index (χ4n) is 2.57. The third-order valence-corrected chi connectivity index (χ3v) is 3.94. The minimum atomic E-state index is 0.226. The molecule has 1 aromatic heterocycles. The molecular formula is C17H25N3. The molecule has 0 aliphatic carbocycles. The molecular weight excluding hydrogens is 246 g/mol. The van der Waals surface area contributed by atoms with Crippen molar-refractivity contribution in [2.45, 2.75) is 53.1 Å². The first-order valence-corrected chi connectivity index (χ1v) is 7.35. The highest BCUT2D eigenvalue weighted by Gasteiger charge is 2.14. The van der Waals surface area contributed by atoms with E-state index in [1.807, 2.05) is 0 Å². The Morgan fingerprint density at radius 2 is 2.00 bits per heavy atom. The Bertz CT molecular complexity index is 584. The number of benzene rings is 1. The van der Waals surface area contributed by atoms with E-state index in [1.165, 1.54) is 22.4 Å². The molecule has 2 aromatic rings. The molecule has 1 aromatic carbocycles. The van der Waals surface area contributed by atoms with Gasteiger partial charge in [-0.05, 0) is 44.7 Å². The molecule has 0 saturated carbocycles. The highest BCUT2D eigenvalue weighted by Crippen LogP contribution is 2.17. The normalized spacial score (nSPS) is 12.7. The first-order chi connectivity index (χ1) is 9.51. The average molecular weight is 271 g/mol. The van der Waals surface area contributed by atoms with Crippen molar-refractivity contribution in [1.29, 1.82) is 0 Å². The van der Waals surface area contributed by atoms with Crippen molar-refractivity contribution in [3.05, 3.63) is 52.3 Å². The Hall–Kier alpha value is -1.61. The molecule has 0 spiro atoms. The first-order valence-electron chi connectivity index (χ1n) is 7.35. The monoisotopic (exact) mass is 271 g/mol. The molecule has 0 saturated heterocycles. The third-order valence-electron chi connectivity index (χ3n) is 3.94. The maximum absolute atomic E-state index is 6.09. The highest BCUT2D eigenvalue weighted by atomic mass is 15.3. The van der Waals surface area contributed by atoms with Gasteiger partial charge in [0.05, 0.1) is 12.2 Å². The summed E-state index contributed by atoms with van der Waals surface area (Å²) in [4.78, 5) is 0. The number of nitrogens with two attached hydrogens (primary N) is 1. The van der Waals surface area contributed by atoms with E-state index < -0.39 is 0 Å². The number of rotatable bonds is 5. The molecule has 1 unspecified atom stereocenters. The zero-order chi connectivity index (χ0) is 14.7. The molecule has 3 nitrogen and oxygen atoms in total. The van der Waals surface area contributed by atoms with Gasteiger partial charge in [0.15, 0.2) is 0 Å². The Balaban J connectivity index is 2.23. The van der Waals surface area contributed by atoms with Crippen LogP contribution in [0.4, 0.5) is 0 Å².